The second-order valence-electron chi connectivity index (χ2n) is 6.34. The summed E-state index contributed by atoms with van der Waals surface area (Å²) in [5, 5.41) is 1.45. The number of aromatic nitrogens is 1. The highest BCUT2D eigenvalue weighted by Gasteiger charge is 2.39. The van der Waals surface area contributed by atoms with Crippen LogP contribution in [-0.4, -0.2) is 36.1 Å². The molecule has 1 aromatic heterocycles. The Morgan fingerprint density at radius 2 is 2.30 bits per heavy atom. The topological polar surface area (TPSA) is 45.0 Å². The van der Waals surface area contributed by atoms with Crippen molar-refractivity contribution in [1.82, 2.24) is 9.88 Å². The van der Waals surface area contributed by atoms with Crippen LogP contribution >= 0.6 is 15.9 Å². The van der Waals surface area contributed by atoms with Crippen LogP contribution < -0.4 is 5.73 Å². The standard InChI is InChI=1S/C16H20BrN3/c1-20-8-9(7-18)5-11-10-3-2-4-13-15(10)12(6-14(11)20)16(17)19-13/h2-4,9,11,14,19H,5-8,18H2,1H3/t9-,11?,14+/m0/s1. The third-order valence-electron chi connectivity index (χ3n) is 5.22. The van der Waals surface area contributed by atoms with Crippen LogP contribution in [0.2, 0.25) is 0 Å². The third-order valence-corrected chi connectivity index (χ3v) is 5.89. The van der Waals surface area contributed by atoms with Gasteiger partial charge in [-0.1, -0.05) is 12.1 Å². The number of likely N-dealkylation sites (tertiary alicyclic amines) is 1. The number of nitrogens with zero attached hydrogens (tertiary/aromatic N) is 1. The van der Waals surface area contributed by atoms with E-state index in [0.29, 0.717) is 17.9 Å². The predicted molar refractivity (Wildman–Crippen MR) is 86.0 cm³/mol. The maximum atomic E-state index is 5.94. The van der Waals surface area contributed by atoms with Crippen molar-refractivity contribution in [1.29, 1.82) is 0 Å². The Labute approximate surface area is 127 Å². The normalized spacial score (nSPS) is 29.6. The van der Waals surface area contributed by atoms with E-state index >= 15 is 0 Å². The van der Waals surface area contributed by atoms with Crippen molar-refractivity contribution in [2.24, 2.45) is 11.7 Å². The number of hydrogen-bond donors (Lipinski definition) is 2. The van der Waals surface area contributed by atoms with Crippen molar-refractivity contribution in [2.75, 3.05) is 20.1 Å². The van der Waals surface area contributed by atoms with Crippen molar-refractivity contribution in [3.63, 3.8) is 0 Å². The third kappa shape index (κ3) is 1.71. The fourth-order valence-corrected chi connectivity index (χ4v) is 4.84. The minimum atomic E-state index is 0.614. The zero-order valence-electron chi connectivity index (χ0n) is 11.7. The van der Waals surface area contributed by atoms with Crippen molar-refractivity contribution >= 4 is 26.8 Å². The first kappa shape index (κ1) is 12.9. The molecular formula is C16H20BrN3. The Balaban J connectivity index is 1.89. The maximum absolute atomic E-state index is 5.94. The predicted octanol–water partition coefficient (Wildman–Crippen LogP) is 2.85. The zero-order chi connectivity index (χ0) is 13.9. The number of piperidine rings is 1. The van der Waals surface area contributed by atoms with Crippen LogP contribution in [-0.2, 0) is 6.42 Å². The molecule has 4 rings (SSSR count). The van der Waals surface area contributed by atoms with Crippen LogP contribution in [0.15, 0.2) is 22.8 Å². The van der Waals surface area contributed by atoms with E-state index in [9.17, 15) is 0 Å². The second-order valence-corrected chi connectivity index (χ2v) is 7.14. The number of nitrogens with two attached hydrogens (primary N) is 1. The smallest absolute Gasteiger partial charge is 0.0864 e. The van der Waals surface area contributed by atoms with Gasteiger partial charge >= 0.3 is 0 Å². The monoisotopic (exact) mass is 333 g/mol. The lowest BCUT2D eigenvalue weighted by Gasteiger charge is -2.45. The molecule has 2 heterocycles. The van der Waals surface area contributed by atoms with Gasteiger partial charge in [-0.15, -0.1) is 0 Å². The average molecular weight is 334 g/mol. The Kier molecular flexibility index (Phi) is 2.95. The van der Waals surface area contributed by atoms with E-state index in [1.807, 2.05) is 0 Å². The van der Waals surface area contributed by atoms with E-state index < -0.39 is 0 Å². The molecule has 2 aliphatic rings. The summed E-state index contributed by atoms with van der Waals surface area (Å²) in [4.78, 5) is 6.00. The lowest BCUT2D eigenvalue weighted by molar-refractivity contribution is 0.115. The minimum Gasteiger partial charge on any atom is -0.349 e. The highest BCUT2D eigenvalue weighted by molar-refractivity contribution is 9.10. The number of nitrogens with one attached hydrogen (secondary N) is 1. The van der Waals surface area contributed by atoms with E-state index in [1.165, 1.54) is 28.5 Å². The molecule has 106 valence electrons. The van der Waals surface area contributed by atoms with E-state index in [-0.39, 0.29) is 0 Å². The minimum absolute atomic E-state index is 0.614. The highest BCUT2D eigenvalue weighted by atomic mass is 79.9. The Bertz CT molecular complexity index is 663. The van der Waals surface area contributed by atoms with Crippen LogP contribution in [0, 0.1) is 5.92 Å². The molecule has 3 N–H and O–H groups in total. The first-order valence-corrected chi connectivity index (χ1v) is 8.17. The molecule has 1 aromatic carbocycles. The van der Waals surface area contributed by atoms with E-state index in [0.717, 1.165) is 24.1 Å². The molecule has 0 amide bonds. The van der Waals surface area contributed by atoms with Crippen LogP contribution in [0.4, 0.5) is 0 Å². The number of fused-ring (bicyclic) bond motifs is 2. The van der Waals surface area contributed by atoms with Gasteiger partial charge in [-0.3, -0.25) is 0 Å². The van der Waals surface area contributed by atoms with Crippen molar-refractivity contribution in [2.45, 2.75) is 24.8 Å². The van der Waals surface area contributed by atoms with Crippen molar-refractivity contribution in [3.8, 4) is 0 Å². The molecule has 0 spiro atoms. The van der Waals surface area contributed by atoms with Gasteiger partial charge < -0.3 is 15.6 Å². The molecule has 2 aromatic rings. The average Bonchev–Trinajstić information content (AvgIpc) is 2.77. The summed E-state index contributed by atoms with van der Waals surface area (Å²) < 4.78 is 1.16. The van der Waals surface area contributed by atoms with E-state index in [4.69, 9.17) is 5.73 Å². The lowest BCUT2D eigenvalue weighted by Crippen LogP contribution is -2.49. The number of likely N-dealkylation sites (N-methyl/N-ethyl adjacent to an activating group) is 1. The number of halogens is 1. The second kappa shape index (κ2) is 4.58. The number of benzene rings is 1. The number of aromatic amines is 1. The lowest BCUT2D eigenvalue weighted by atomic mass is 9.72. The number of rotatable bonds is 1. The van der Waals surface area contributed by atoms with Gasteiger partial charge in [0.05, 0.1) is 4.60 Å². The molecular weight excluding hydrogens is 314 g/mol. The summed E-state index contributed by atoms with van der Waals surface area (Å²) >= 11 is 3.71. The molecule has 0 radical (unpaired) electrons. The summed E-state index contributed by atoms with van der Waals surface area (Å²) in [6.45, 7) is 1.93. The Morgan fingerprint density at radius 3 is 3.10 bits per heavy atom. The van der Waals surface area contributed by atoms with Crippen molar-refractivity contribution < 1.29 is 0 Å². The summed E-state index contributed by atoms with van der Waals surface area (Å²) in [6.07, 6.45) is 2.36. The van der Waals surface area contributed by atoms with E-state index in [2.05, 4.69) is 51.1 Å². The zero-order valence-corrected chi connectivity index (χ0v) is 13.3. The molecule has 1 unspecified atom stereocenters. The summed E-state index contributed by atoms with van der Waals surface area (Å²) in [5.41, 5.74) is 10.2. The summed E-state index contributed by atoms with van der Waals surface area (Å²) in [5.74, 6) is 1.25. The molecule has 4 heteroatoms. The van der Waals surface area contributed by atoms with Crippen LogP contribution in [0.3, 0.4) is 0 Å². The molecule has 0 saturated carbocycles. The van der Waals surface area contributed by atoms with Crippen LogP contribution in [0.1, 0.15) is 23.5 Å². The SMILES string of the molecule is CN1C[C@H](CN)CC2c3cccc4[nH]c(Br)c(c34)C[C@H]21. The van der Waals surface area contributed by atoms with Gasteiger partial charge in [0.25, 0.3) is 0 Å². The fourth-order valence-electron chi connectivity index (χ4n) is 4.27. The molecule has 1 saturated heterocycles. The van der Waals surface area contributed by atoms with E-state index in [1.54, 1.807) is 0 Å². The van der Waals surface area contributed by atoms with Crippen LogP contribution in [0.25, 0.3) is 10.9 Å². The van der Waals surface area contributed by atoms with Crippen LogP contribution in [0.5, 0.6) is 0 Å². The van der Waals surface area contributed by atoms with Gasteiger partial charge in [0.15, 0.2) is 0 Å². The summed E-state index contributed by atoms with van der Waals surface area (Å²) in [7, 11) is 2.26. The van der Waals surface area contributed by atoms with Gasteiger partial charge in [0.1, 0.15) is 0 Å². The first-order chi connectivity index (χ1) is 9.69. The number of hydrogen-bond acceptors (Lipinski definition) is 2. The first-order valence-electron chi connectivity index (χ1n) is 7.38. The Morgan fingerprint density at radius 1 is 1.45 bits per heavy atom. The van der Waals surface area contributed by atoms with Gasteiger partial charge in [0.2, 0.25) is 0 Å². The van der Waals surface area contributed by atoms with Gasteiger partial charge in [0, 0.05) is 29.4 Å². The molecule has 1 fully saturated rings. The molecule has 1 aliphatic heterocycles. The number of H-pyrrole nitrogens is 1. The van der Waals surface area contributed by atoms with Gasteiger partial charge in [-0.2, -0.15) is 0 Å². The summed E-state index contributed by atoms with van der Waals surface area (Å²) in [6, 6.07) is 7.29. The van der Waals surface area contributed by atoms with Gasteiger partial charge in [-0.05, 0) is 65.5 Å². The molecule has 3 atom stereocenters. The largest absolute Gasteiger partial charge is 0.349 e. The van der Waals surface area contributed by atoms with Crippen molar-refractivity contribution in [3.05, 3.63) is 33.9 Å². The molecule has 0 bridgehead atoms. The fraction of sp³-hybridized carbons (Fsp3) is 0.500. The molecule has 1 aliphatic carbocycles. The Hall–Kier alpha value is -0.840. The highest BCUT2D eigenvalue weighted by Crippen LogP contribution is 2.45. The maximum Gasteiger partial charge on any atom is 0.0864 e. The molecule has 3 nitrogen and oxygen atoms in total. The molecule has 20 heavy (non-hydrogen) atoms. The quantitative estimate of drug-likeness (QED) is 0.842. The van der Waals surface area contributed by atoms with Gasteiger partial charge in [-0.25, -0.2) is 0 Å².